The number of fused-ring (bicyclic) bond motifs is 1. The zero-order chi connectivity index (χ0) is 23.5. The van der Waals surface area contributed by atoms with E-state index in [0.29, 0.717) is 28.7 Å². The van der Waals surface area contributed by atoms with E-state index in [4.69, 9.17) is 22.1 Å². The van der Waals surface area contributed by atoms with E-state index in [0.717, 1.165) is 27.3 Å². The van der Waals surface area contributed by atoms with Gasteiger partial charge in [-0.1, -0.05) is 35.9 Å². The number of nitrogens with two attached hydrogens (primary N) is 1. The molecule has 0 radical (unpaired) electrons. The van der Waals surface area contributed by atoms with Gasteiger partial charge in [-0.05, 0) is 31.7 Å². The average molecular weight is 487 g/mol. The number of amides is 1. The van der Waals surface area contributed by atoms with Gasteiger partial charge in [0, 0.05) is 35.9 Å². The molecule has 0 aliphatic carbocycles. The molecule has 3 heterocycles. The first-order valence-electron chi connectivity index (χ1n) is 10.4. The fourth-order valence-corrected chi connectivity index (χ4v) is 4.89. The number of imidazole rings is 1. The largest absolute Gasteiger partial charge is 0.484 e. The maximum absolute atomic E-state index is 12.6. The molecule has 0 aliphatic rings. The lowest BCUT2D eigenvalue weighted by Crippen LogP contribution is -2.20. The van der Waals surface area contributed by atoms with Crippen molar-refractivity contribution in [2.45, 2.75) is 19.6 Å². The standard InChI is InChI=1S/C24H24ClFN4O2S/c1-15(17-5-3-4-6-18(17)25)32-20-11-21(33-23(20)24(27)31)19-12-28-22-8-7-16(14-30(19)22)13-29(2)10-9-26/h3-8,11-12,14-15H,9-10,13H2,1-2H3,(H2,27,31). The highest BCUT2D eigenvalue weighted by atomic mass is 35.5. The quantitative estimate of drug-likeness (QED) is 0.346. The molecule has 1 atom stereocenters. The zero-order valence-electron chi connectivity index (χ0n) is 18.3. The van der Waals surface area contributed by atoms with Crippen LogP contribution in [0.25, 0.3) is 16.2 Å². The van der Waals surface area contributed by atoms with E-state index in [-0.39, 0.29) is 6.10 Å². The summed E-state index contributed by atoms with van der Waals surface area (Å²) in [7, 11) is 1.88. The van der Waals surface area contributed by atoms with Crippen molar-refractivity contribution < 1.29 is 13.9 Å². The molecule has 1 unspecified atom stereocenters. The third-order valence-electron chi connectivity index (χ3n) is 5.31. The van der Waals surface area contributed by atoms with Crippen LogP contribution >= 0.6 is 22.9 Å². The maximum atomic E-state index is 12.6. The fourth-order valence-electron chi connectivity index (χ4n) is 3.65. The van der Waals surface area contributed by atoms with Gasteiger partial charge in [0.25, 0.3) is 5.91 Å². The normalized spacial score (nSPS) is 12.4. The van der Waals surface area contributed by atoms with E-state index in [1.165, 1.54) is 11.3 Å². The first-order valence-corrected chi connectivity index (χ1v) is 11.6. The van der Waals surface area contributed by atoms with Crippen molar-refractivity contribution in [3.8, 4) is 16.3 Å². The third-order valence-corrected chi connectivity index (χ3v) is 6.80. The summed E-state index contributed by atoms with van der Waals surface area (Å²) in [6.07, 6.45) is 3.35. The Hall–Kier alpha value is -2.94. The van der Waals surface area contributed by atoms with E-state index < -0.39 is 12.6 Å². The minimum atomic E-state index is -0.560. The molecular weight excluding hydrogens is 463 g/mol. The monoisotopic (exact) mass is 486 g/mol. The predicted molar refractivity (Wildman–Crippen MR) is 130 cm³/mol. The summed E-state index contributed by atoms with van der Waals surface area (Å²) in [5, 5.41) is 0.591. The first kappa shape index (κ1) is 23.2. The van der Waals surface area contributed by atoms with Crippen molar-refractivity contribution in [1.82, 2.24) is 14.3 Å². The van der Waals surface area contributed by atoms with Crippen LogP contribution in [0, 0.1) is 0 Å². The number of hydrogen-bond donors (Lipinski definition) is 1. The number of benzene rings is 1. The molecule has 6 nitrogen and oxygen atoms in total. The number of halogens is 2. The van der Waals surface area contributed by atoms with E-state index in [2.05, 4.69) is 4.98 Å². The number of pyridine rings is 1. The summed E-state index contributed by atoms with van der Waals surface area (Å²) in [5.41, 5.74) is 9.07. The maximum Gasteiger partial charge on any atom is 0.262 e. The summed E-state index contributed by atoms with van der Waals surface area (Å²) >= 11 is 7.56. The predicted octanol–water partition coefficient (Wildman–Crippen LogP) is 5.36. The van der Waals surface area contributed by atoms with Crippen LogP contribution in [0.1, 0.15) is 33.8 Å². The second-order valence-electron chi connectivity index (χ2n) is 7.79. The molecule has 1 aromatic carbocycles. The van der Waals surface area contributed by atoms with Gasteiger partial charge in [0.15, 0.2) is 0 Å². The summed E-state index contributed by atoms with van der Waals surface area (Å²) in [6, 6.07) is 13.1. The molecule has 0 saturated carbocycles. The summed E-state index contributed by atoms with van der Waals surface area (Å²) in [5.74, 6) is -0.154. The van der Waals surface area contributed by atoms with Crippen LogP contribution in [0.2, 0.25) is 5.02 Å². The van der Waals surface area contributed by atoms with Crippen LogP contribution in [0.5, 0.6) is 5.75 Å². The number of thiophene rings is 1. The van der Waals surface area contributed by atoms with E-state index in [1.54, 1.807) is 12.3 Å². The lowest BCUT2D eigenvalue weighted by Gasteiger charge is -2.16. The number of carbonyl (C=O) groups is 1. The molecule has 3 aromatic heterocycles. The molecule has 4 aromatic rings. The first-order chi connectivity index (χ1) is 15.9. The Morgan fingerprint density at radius 2 is 2.12 bits per heavy atom. The molecule has 0 aliphatic heterocycles. The smallest absolute Gasteiger partial charge is 0.262 e. The van der Waals surface area contributed by atoms with Crippen molar-refractivity contribution in [2.24, 2.45) is 5.73 Å². The number of primary amides is 1. The van der Waals surface area contributed by atoms with Gasteiger partial charge >= 0.3 is 0 Å². The Balaban J connectivity index is 1.68. The molecule has 4 rings (SSSR count). The van der Waals surface area contributed by atoms with Gasteiger partial charge in [-0.15, -0.1) is 11.3 Å². The number of nitrogens with zero attached hydrogens (tertiary/aromatic N) is 3. The van der Waals surface area contributed by atoms with Crippen molar-refractivity contribution in [3.05, 3.63) is 75.9 Å². The van der Waals surface area contributed by atoms with Crippen molar-refractivity contribution in [3.63, 3.8) is 0 Å². The Bertz CT molecular complexity index is 1290. The topological polar surface area (TPSA) is 72.9 Å². The number of hydrogen-bond acceptors (Lipinski definition) is 5. The lowest BCUT2D eigenvalue weighted by molar-refractivity contribution is 0.0998. The van der Waals surface area contributed by atoms with Crippen LogP contribution in [0.3, 0.4) is 0 Å². The van der Waals surface area contributed by atoms with Gasteiger partial charge in [-0.3, -0.25) is 14.1 Å². The molecule has 2 N–H and O–H groups in total. The van der Waals surface area contributed by atoms with Gasteiger partial charge in [-0.2, -0.15) is 0 Å². The number of carbonyl (C=O) groups excluding carboxylic acids is 1. The second kappa shape index (κ2) is 9.91. The molecule has 33 heavy (non-hydrogen) atoms. The van der Waals surface area contributed by atoms with Crippen molar-refractivity contribution >= 4 is 34.5 Å². The average Bonchev–Trinajstić information content (AvgIpc) is 3.38. The zero-order valence-corrected chi connectivity index (χ0v) is 19.9. The molecular formula is C24H24ClFN4O2S. The van der Waals surface area contributed by atoms with Gasteiger partial charge in [0.2, 0.25) is 0 Å². The Labute approximate surface area is 200 Å². The molecule has 0 fully saturated rings. The number of alkyl halides is 1. The highest BCUT2D eigenvalue weighted by molar-refractivity contribution is 7.17. The highest BCUT2D eigenvalue weighted by Gasteiger charge is 2.21. The number of rotatable bonds is 9. The molecule has 0 bridgehead atoms. The van der Waals surface area contributed by atoms with Crippen LogP contribution in [-0.4, -0.2) is 40.5 Å². The summed E-state index contributed by atoms with van der Waals surface area (Å²) in [4.78, 5) is 19.7. The van der Waals surface area contributed by atoms with Gasteiger partial charge in [0.05, 0.1) is 16.8 Å². The minimum absolute atomic E-state index is 0.331. The minimum Gasteiger partial charge on any atom is -0.484 e. The van der Waals surface area contributed by atoms with Gasteiger partial charge in [0.1, 0.15) is 29.1 Å². The number of aromatic nitrogens is 2. The Morgan fingerprint density at radius 3 is 2.85 bits per heavy atom. The van der Waals surface area contributed by atoms with E-state index in [1.807, 2.05) is 65.9 Å². The Morgan fingerprint density at radius 1 is 1.33 bits per heavy atom. The fraction of sp³-hybridized carbons (Fsp3) is 0.250. The molecule has 0 saturated heterocycles. The van der Waals surface area contributed by atoms with Gasteiger partial charge in [-0.25, -0.2) is 9.37 Å². The van der Waals surface area contributed by atoms with Gasteiger partial charge < -0.3 is 10.5 Å². The van der Waals surface area contributed by atoms with Crippen LogP contribution in [0.4, 0.5) is 4.39 Å². The number of ether oxygens (including phenoxy) is 1. The molecule has 0 spiro atoms. The van der Waals surface area contributed by atoms with E-state index in [9.17, 15) is 9.18 Å². The summed E-state index contributed by atoms with van der Waals surface area (Å²) < 4.78 is 20.7. The third kappa shape index (κ3) is 5.03. The van der Waals surface area contributed by atoms with E-state index >= 15 is 0 Å². The van der Waals surface area contributed by atoms with Crippen molar-refractivity contribution in [2.75, 3.05) is 20.3 Å². The summed E-state index contributed by atoms with van der Waals surface area (Å²) in [6.45, 7) is 2.46. The SMILES string of the molecule is CC(Oc1cc(-c2cnc3ccc(CN(C)CCF)cn23)sc1C(N)=O)c1ccccc1Cl. The molecule has 9 heteroatoms. The van der Waals surface area contributed by atoms with Crippen LogP contribution in [0.15, 0.2) is 54.9 Å². The highest BCUT2D eigenvalue weighted by Crippen LogP contribution is 2.39. The second-order valence-corrected chi connectivity index (χ2v) is 9.25. The molecule has 172 valence electrons. The van der Waals surface area contributed by atoms with Crippen molar-refractivity contribution in [1.29, 1.82) is 0 Å². The lowest BCUT2D eigenvalue weighted by atomic mass is 10.1. The van der Waals surface area contributed by atoms with Crippen LogP contribution in [-0.2, 0) is 6.54 Å². The Kier molecular flexibility index (Phi) is 6.97. The molecule has 1 amide bonds. The van der Waals surface area contributed by atoms with Crippen LogP contribution < -0.4 is 10.5 Å².